The molecular formula is C12H12N2O. The van der Waals surface area contributed by atoms with Gasteiger partial charge in [-0.15, -0.1) is 12.3 Å². The molecule has 0 aliphatic carbocycles. The molecule has 2 aromatic rings. The summed E-state index contributed by atoms with van der Waals surface area (Å²) in [6.07, 6.45) is 7.52. The zero-order chi connectivity index (χ0) is 10.7. The molecule has 1 heterocycles. The van der Waals surface area contributed by atoms with Crippen LogP contribution >= 0.6 is 0 Å². The van der Waals surface area contributed by atoms with Crippen LogP contribution in [0.15, 0.2) is 34.9 Å². The molecule has 76 valence electrons. The van der Waals surface area contributed by atoms with Crippen LogP contribution in [-0.2, 0) is 0 Å². The first-order valence-electron chi connectivity index (χ1n) is 4.72. The highest BCUT2D eigenvalue weighted by Crippen LogP contribution is 2.27. The van der Waals surface area contributed by atoms with Crippen LogP contribution in [0, 0.1) is 12.3 Å². The minimum Gasteiger partial charge on any atom is -0.464 e. The van der Waals surface area contributed by atoms with Crippen molar-refractivity contribution in [1.29, 1.82) is 0 Å². The van der Waals surface area contributed by atoms with Gasteiger partial charge in [0, 0.05) is 17.4 Å². The Morgan fingerprint density at radius 1 is 1.47 bits per heavy atom. The number of rotatable bonds is 3. The first kappa shape index (κ1) is 9.78. The highest BCUT2D eigenvalue weighted by Gasteiger charge is 2.14. The van der Waals surface area contributed by atoms with Crippen LogP contribution in [0.1, 0.15) is 18.0 Å². The maximum atomic E-state index is 5.45. The van der Waals surface area contributed by atoms with Gasteiger partial charge in [0.25, 0.3) is 0 Å². The van der Waals surface area contributed by atoms with Gasteiger partial charge in [0.05, 0.1) is 12.3 Å². The SMILES string of the molecule is C#CCC(NN)c1coc2ccccc12. The molecule has 2 rings (SSSR count). The Hall–Kier alpha value is -1.76. The third-order valence-electron chi connectivity index (χ3n) is 2.41. The predicted octanol–water partition coefficient (Wildman–Crippen LogP) is 1.96. The minimum atomic E-state index is -0.0568. The molecule has 3 heteroatoms. The van der Waals surface area contributed by atoms with Crippen molar-refractivity contribution < 1.29 is 4.42 Å². The third-order valence-corrected chi connectivity index (χ3v) is 2.41. The number of benzene rings is 1. The molecule has 1 unspecified atom stereocenters. The van der Waals surface area contributed by atoms with Crippen molar-refractivity contribution in [2.24, 2.45) is 5.84 Å². The van der Waals surface area contributed by atoms with E-state index in [1.807, 2.05) is 24.3 Å². The van der Waals surface area contributed by atoms with Gasteiger partial charge < -0.3 is 4.42 Å². The molecule has 0 radical (unpaired) electrons. The van der Waals surface area contributed by atoms with Gasteiger partial charge in [0.2, 0.25) is 0 Å². The van der Waals surface area contributed by atoms with Gasteiger partial charge in [0.1, 0.15) is 5.58 Å². The van der Waals surface area contributed by atoms with Gasteiger partial charge in [0.15, 0.2) is 0 Å². The molecule has 0 aliphatic heterocycles. The number of para-hydroxylation sites is 1. The molecule has 0 saturated heterocycles. The summed E-state index contributed by atoms with van der Waals surface area (Å²) in [6.45, 7) is 0. The van der Waals surface area contributed by atoms with Crippen molar-refractivity contribution in [2.75, 3.05) is 0 Å². The summed E-state index contributed by atoms with van der Waals surface area (Å²) in [5.41, 5.74) is 4.55. The Kier molecular flexibility index (Phi) is 2.72. The van der Waals surface area contributed by atoms with Crippen molar-refractivity contribution >= 4 is 11.0 Å². The fourth-order valence-electron chi connectivity index (χ4n) is 1.64. The van der Waals surface area contributed by atoms with Crippen molar-refractivity contribution in [1.82, 2.24) is 5.43 Å². The minimum absolute atomic E-state index is 0.0568. The predicted molar refractivity (Wildman–Crippen MR) is 59.7 cm³/mol. The fraction of sp³-hybridized carbons (Fsp3) is 0.167. The van der Waals surface area contributed by atoms with Crippen molar-refractivity contribution in [3.8, 4) is 12.3 Å². The molecule has 3 N–H and O–H groups in total. The number of nitrogens with two attached hydrogens (primary N) is 1. The maximum Gasteiger partial charge on any atom is 0.134 e. The largest absolute Gasteiger partial charge is 0.464 e. The lowest BCUT2D eigenvalue weighted by Crippen LogP contribution is -2.27. The van der Waals surface area contributed by atoms with Gasteiger partial charge >= 0.3 is 0 Å². The molecule has 0 saturated carbocycles. The van der Waals surface area contributed by atoms with Gasteiger partial charge in [-0.1, -0.05) is 18.2 Å². The van der Waals surface area contributed by atoms with Crippen LogP contribution in [0.25, 0.3) is 11.0 Å². The Balaban J connectivity index is 2.47. The highest BCUT2D eigenvalue weighted by molar-refractivity contribution is 5.81. The summed E-state index contributed by atoms with van der Waals surface area (Å²) in [6, 6.07) is 7.75. The second-order valence-electron chi connectivity index (χ2n) is 3.31. The number of hydrazine groups is 1. The molecule has 15 heavy (non-hydrogen) atoms. The standard InChI is InChI=1S/C12H12N2O/c1-2-5-11(14-13)10-8-15-12-7-4-3-6-9(10)12/h1,3-4,6-8,11,14H,5,13H2. The first-order chi connectivity index (χ1) is 7.36. The summed E-state index contributed by atoms with van der Waals surface area (Å²) in [7, 11) is 0. The van der Waals surface area contributed by atoms with E-state index < -0.39 is 0 Å². The molecule has 0 amide bonds. The topological polar surface area (TPSA) is 51.2 Å². The number of furan rings is 1. The van der Waals surface area contributed by atoms with Crippen LogP contribution in [0.3, 0.4) is 0 Å². The molecule has 0 fully saturated rings. The van der Waals surface area contributed by atoms with Crippen LogP contribution < -0.4 is 11.3 Å². The number of terminal acetylenes is 1. The average Bonchev–Trinajstić information content (AvgIpc) is 2.70. The third kappa shape index (κ3) is 1.73. The van der Waals surface area contributed by atoms with E-state index in [1.54, 1.807) is 6.26 Å². The van der Waals surface area contributed by atoms with E-state index in [4.69, 9.17) is 16.7 Å². The molecule has 0 spiro atoms. The number of hydrogen-bond donors (Lipinski definition) is 2. The summed E-state index contributed by atoms with van der Waals surface area (Å²) < 4.78 is 5.41. The zero-order valence-corrected chi connectivity index (χ0v) is 8.23. The van der Waals surface area contributed by atoms with Crippen molar-refractivity contribution in [3.05, 3.63) is 36.1 Å². The van der Waals surface area contributed by atoms with Gasteiger partial charge in [-0.2, -0.15) is 0 Å². The highest BCUT2D eigenvalue weighted by atomic mass is 16.3. The first-order valence-corrected chi connectivity index (χ1v) is 4.72. The normalized spacial score (nSPS) is 12.5. The van der Waals surface area contributed by atoms with Gasteiger partial charge in [-0.25, -0.2) is 0 Å². The van der Waals surface area contributed by atoms with Crippen LogP contribution in [0.5, 0.6) is 0 Å². The molecule has 1 atom stereocenters. The maximum absolute atomic E-state index is 5.45. The van der Waals surface area contributed by atoms with E-state index in [2.05, 4.69) is 11.3 Å². The monoisotopic (exact) mass is 200 g/mol. The van der Waals surface area contributed by atoms with E-state index in [0.717, 1.165) is 16.5 Å². The van der Waals surface area contributed by atoms with E-state index >= 15 is 0 Å². The Morgan fingerprint density at radius 3 is 3.00 bits per heavy atom. The van der Waals surface area contributed by atoms with Gasteiger partial charge in [-0.05, 0) is 6.07 Å². The summed E-state index contributed by atoms with van der Waals surface area (Å²) >= 11 is 0. The smallest absolute Gasteiger partial charge is 0.134 e. The lowest BCUT2D eigenvalue weighted by atomic mass is 10.0. The lowest BCUT2D eigenvalue weighted by Gasteiger charge is -2.10. The van der Waals surface area contributed by atoms with E-state index in [0.29, 0.717) is 6.42 Å². The quantitative estimate of drug-likeness (QED) is 0.452. The van der Waals surface area contributed by atoms with E-state index in [-0.39, 0.29) is 6.04 Å². The van der Waals surface area contributed by atoms with Gasteiger partial charge in [-0.3, -0.25) is 11.3 Å². The van der Waals surface area contributed by atoms with Crippen LogP contribution in [0.2, 0.25) is 0 Å². The molecule has 3 nitrogen and oxygen atoms in total. The molecular weight excluding hydrogens is 188 g/mol. The number of nitrogens with one attached hydrogen (secondary N) is 1. The average molecular weight is 200 g/mol. The molecule has 0 aliphatic rings. The lowest BCUT2D eigenvalue weighted by molar-refractivity contribution is 0.548. The summed E-state index contributed by atoms with van der Waals surface area (Å²) in [5, 5.41) is 1.05. The summed E-state index contributed by atoms with van der Waals surface area (Å²) in [5.74, 6) is 8.04. The van der Waals surface area contributed by atoms with Crippen molar-refractivity contribution in [2.45, 2.75) is 12.5 Å². The Bertz CT molecular complexity index is 496. The number of hydrogen-bond acceptors (Lipinski definition) is 3. The van der Waals surface area contributed by atoms with Crippen LogP contribution in [0.4, 0.5) is 0 Å². The number of fused-ring (bicyclic) bond motifs is 1. The molecule has 0 bridgehead atoms. The van der Waals surface area contributed by atoms with E-state index in [9.17, 15) is 0 Å². The molecule has 1 aromatic carbocycles. The fourth-order valence-corrected chi connectivity index (χ4v) is 1.64. The Morgan fingerprint density at radius 2 is 2.27 bits per heavy atom. The van der Waals surface area contributed by atoms with E-state index in [1.165, 1.54) is 0 Å². The van der Waals surface area contributed by atoms with Crippen LogP contribution in [-0.4, -0.2) is 0 Å². The zero-order valence-electron chi connectivity index (χ0n) is 8.23. The molecule has 1 aromatic heterocycles. The second-order valence-corrected chi connectivity index (χ2v) is 3.31. The van der Waals surface area contributed by atoms with Crippen molar-refractivity contribution in [3.63, 3.8) is 0 Å². The Labute approximate surface area is 88.2 Å². The second kappa shape index (κ2) is 4.18. The summed E-state index contributed by atoms with van der Waals surface area (Å²) in [4.78, 5) is 0.